The first-order chi connectivity index (χ1) is 9.25. The van der Waals surface area contributed by atoms with E-state index in [0.29, 0.717) is 20.3 Å². The standard InChI is InChI=1S/C11H14Br2N2O4S/c1-2-19-10(16)3-4-20(17,18)15-11-8(12)5-7(14)6-9(11)13/h5-6,15H,2-4,14H2,1H3. The fourth-order valence-electron chi connectivity index (χ4n) is 1.35. The van der Waals surface area contributed by atoms with Crippen LogP contribution >= 0.6 is 31.9 Å². The van der Waals surface area contributed by atoms with Crippen molar-refractivity contribution in [3.63, 3.8) is 0 Å². The molecule has 9 heteroatoms. The summed E-state index contributed by atoms with van der Waals surface area (Å²) >= 11 is 6.45. The number of esters is 1. The Labute approximate surface area is 134 Å². The van der Waals surface area contributed by atoms with Crippen molar-refractivity contribution in [2.75, 3.05) is 22.8 Å². The van der Waals surface area contributed by atoms with Crippen LogP contribution in [0.3, 0.4) is 0 Å². The molecule has 112 valence electrons. The lowest BCUT2D eigenvalue weighted by Gasteiger charge is -2.12. The normalized spacial score (nSPS) is 11.2. The molecule has 0 atom stereocenters. The summed E-state index contributed by atoms with van der Waals surface area (Å²) in [6.07, 6.45) is -0.201. The first kappa shape index (κ1) is 17.3. The minimum Gasteiger partial charge on any atom is -0.466 e. The summed E-state index contributed by atoms with van der Waals surface area (Å²) in [6, 6.07) is 3.15. The molecule has 0 aromatic heterocycles. The van der Waals surface area contributed by atoms with Gasteiger partial charge in [0.2, 0.25) is 10.0 Å². The molecule has 0 amide bonds. The molecule has 20 heavy (non-hydrogen) atoms. The van der Waals surface area contributed by atoms with E-state index < -0.39 is 16.0 Å². The fraction of sp³-hybridized carbons (Fsp3) is 0.364. The average molecular weight is 430 g/mol. The third kappa shape index (κ3) is 5.29. The Balaban J connectivity index is 2.79. The maximum atomic E-state index is 11.9. The first-order valence-corrected chi connectivity index (χ1v) is 8.89. The maximum Gasteiger partial charge on any atom is 0.306 e. The second-order valence-electron chi connectivity index (χ2n) is 3.84. The van der Waals surface area contributed by atoms with Crippen molar-refractivity contribution in [3.8, 4) is 0 Å². The zero-order chi connectivity index (χ0) is 15.3. The zero-order valence-corrected chi connectivity index (χ0v) is 14.6. The number of hydrogen-bond acceptors (Lipinski definition) is 5. The number of halogens is 2. The van der Waals surface area contributed by atoms with Crippen molar-refractivity contribution >= 4 is 59.2 Å². The van der Waals surface area contributed by atoms with Crippen LogP contribution in [0.4, 0.5) is 11.4 Å². The first-order valence-electron chi connectivity index (χ1n) is 5.66. The molecule has 0 aliphatic carbocycles. The number of anilines is 2. The molecule has 0 saturated carbocycles. The number of nitrogen functional groups attached to an aromatic ring is 1. The van der Waals surface area contributed by atoms with E-state index in [0.717, 1.165) is 0 Å². The van der Waals surface area contributed by atoms with Crippen LogP contribution < -0.4 is 10.5 Å². The van der Waals surface area contributed by atoms with Crippen molar-refractivity contribution in [1.29, 1.82) is 0 Å². The maximum absolute atomic E-state index is 11.9. The van der Waals surface area contributed by atoms with Gasteiger partial charge in [0.05, 0.1) is 24.5 Å². The lowest BCUT2D eigenvalue weighted by atomic mass is 10.3. The summed E-state index contributed by atoms with van der Waals surface area (Å²) in [4.78, 5) is 11.2. The zero-order valence-electron chi connectivity index (χ0n) is 10.7. The van der Waals surface area contributed by atoms with E-state index in [4.69, 9.17) is 5.73 Å². The lowest BCUT2D eigenvalue weighted by molar-refractivity contribution is -0.142. The molecule has 0 radical (unpaired) electrons. The molecule has 0 spiro atoms. The van der Waals surface area contributed by atoms with Gasteiger partial charge in [-0.15, -0.1) is 0 Å². The third-order valence-electron chi connectivity index (χ3n) is 2.20. The summed E-state index contributed by atoms with van der Waals surface area (Å²) < 4.78 is 31.9. The van der Waals surface area contributed by atoms with Gasteiger partial charge in [-0.2, -0.15) is 0 Å². The van der Waals surface area contributed by atoms with E-state index in [2.05, 4.69) is 41.3 Å². The van der Waals surface area contributed by atoms with Crippen molar-refractivity contribution in [2.45, 2.75) is 13.3 Å². The number of rotatable bonds is 6. The van der Waals surface area contributed by atoms with Gasteiger partial charge in [-0.3, -0.25) is 9.52 Å². The molecule has 6 nitrogen and oxygen atoms in total. The van der Waals surface area contributed by atoms with E-state index in [9.17, 15) is 13.2 Å². The van der Waals surface area contributed by atoms with Gasteiger partial charge in [-0.25, -0.2) is 8.42 Å². The molecule has 0 fully saturated rings. The number of carbonyl (C=O) groups excluding carboxylic acids is 1. The van der Waals surface area contributed by atoms with Gasteiger partial charge >= 0.3 is 5.97 Å². The number of hydrogen-bond donors (Lipinski definition) is 2. The van der Waals surface area contributed by atoms with Crippen LogP contribution in [0.5, 0.6) is 0 Å². The summed E-state index contributed by atoms with van der Waals surface area (Å²) in [5, 5.41) is 0. The highest BCUT2D eigenvalue weighted by atomic mass is 79.9. The fourth-order valence-corrected chi connectivity index (χ4v) is 4.10. The van der Waals surface area contributed by atoms with Crippen LogP contribution in [0.2, 0.25) is 0 Å². The highest BCUT2D eigenvalue weighted by molar-refractivity contribution is 9.11. The van der Waals surface area contributed by atoms with Crippen LogP contribution in [0, 0.1) is 0 Å². The second kappa shape index (κ2) is 7.28. The Hall–Kier alpha value is -0.800. The van der Waals surface area contributed by atoms with Gasteiger partial charge in [0.15, 0.2) is 0 Å². The molecule has 0 saturated heterocycles. The van der Waals surface area contributed by atoms with Gasteiger partial charge in [0.1, 0.15) is 0 Å². The minimum absolute atomic E-state index is 0.201. The Morgan fingerprint density at radius 1 is 1.35 bits per heavy atom. The van der Waals surface area contributed by atoms with Crippen molar-refractivity contribution in [2.24, 2.45) is 0 Å². The number of nitrogens with two attached hydrogens (primary N) is 1. The molecule has 0 aliphatic heterocycles. The number of carbonyl (C=O) groups is 1. The highest BCUT2D eigenvalue weighted by Crippen LogP contribution is 2.34. The monoisotopic (exact) mass is 428 g/mol. The average Bonchev–Trinajstić information content (AvgIpc) is 2.32. The predicted octanol–water partition coefficient (Wildman–Crippen LogP) is 2.49. The molecule has 0 bridgehead atoms. The molecule has 0 aliphatic rings. The molecular weight excluding hydrogens is 416 g/mol. The van der Waals surface area contributed by atoms with Crippen LogP contribution in [-0.4, -0.2) is 26.7 Å². The van der Waals surface area contributed by atoms with Crippen molar-refractivity contribution in [3.05, 3.63) is 21.1 Å². The summed E-state index contributed by atoms with van der Waals surface area (Å²) in [6.45, 7) is 1.88. The van der Waals surface area contributed by atoms with E-state index in [1.165, 1.54) is 0 Å². The van der Waals surface area contributed by atoms with E-state index in [-0.39, 0.29) is 18.8 Å². The molecule has 3 N–H and O–H groups in total. The minimum atomic E-state index is -3.66. The Bertz CT molecular complexity index is 581. The summed E-state index contributed by atoms with van der Waals surface area (Å²) in [7, 11) is -3.66. The quantitative estimate of drug-likeness (QED) is 0.534. The van der Waals surface area contributed by atoms with Crippen LogP contribution in [-0.2, 0) is 19.6 Å². The highest BCUT2D eigenvalue weighted by Gasteiger charge is 2.17. The molecule has 0 unspecified atom stereocenters. The second-order valence-corrected chi connectivity index (χ2v) is 7.39. The number of sulfonamides is 1. The largest absolute Gasteiger partial charge is 0.466 e. The van der Waals surface area contributed by atoms with Gasteiger partial charge in [0, 0.05) is 14.6 Å². The van der Waals surface area contributed by atoms with Crippen LogP contribution in [0.25, 0.3) is 0 Å². The van der Waals surface area contributed by atoms with Gasteiger partial charge in [0.25, 0.3) is 0 Å². The van der Waals surface area contributed by atoms with Gasteiger partial charge < -0.3 is 10.5 Å². The van der Waals surface area contributed by atoms with Gasteiger partial charge in [-0.1, -0.05) is 0 Å². The molecule has 1 aromatic carbocycles. The Morgan fingerprint density at radius 2 is 1.90 bits per heavy atom. The van der Waals surface area contributed by atoms with Gasteiger partial charge in [-0.05, 0) is 50.9 Å². The van der Waals surface area contributed by atoms with Crippen molar-refractivity contribution in [1.82, 2.24) is 0 Å². The predicted molar refractivity (Wildman–Crippen MR) is 84.9 cm³/mol. The molecule has 1 aromatic rings. The van der Waals surface area contributed by atoms with Crippen LogP contribution in [0.1, 0.15) is 13.3 Å². The Morgan fingerprint density at radius 3 is 2.40 bits per heavy atom. The summed E-state index contributed by atoms with van der Waals surface area (Å²) in [5.74, 6) is -0.900. The Kier molecular flexibility index (Phi) is 6.28. The molecule has 1 rings (SSSR count). The lowest BCUT2D eigenvalue weighted by Crippen LogP contribution is -2.20. The smallest absolute Gasteiger partial charge is 0.306 e. The van der Waals surface area contributed by atoms with Crippen LogP contribution in [0.15, 0.2) is 21.1 Å². The van der Waals surface area contributed by atoms with Crippen molar-refractivity contribution < 1.29 is 17.9 Å². The number of nitrogens with one attached hydrogen (secondary N) is 1. The van der Waals surface area contributed by atoms with E-state index in [1.54, 1.807) is 19.1 Å². The van der Waals surface area contributed by atoms with E-state index in [1.807, 2.05) is 0 Å². The molecule has 0 heterocycles. The number of ether oxygens (including phenoxy) is 1. The number of benzene rings is 1. The SMILES string of the molecule is CCOC(=O)CCS(=O)(=O)Nc1c(Br)cc(N)cc1Br. The molecular formula is C11H14Br2N2O4S. The topological polar surface area (TPSA) is 98.5 Å². The summed E-state index contributed by atoms with van der Waals surface area (Å²) in [5.41, 5.74) is 6.45. The third-order valence-corrected chi connectivity index (χ3v) is 4.71. The van der Waals surface area contributed by atoms with E-state index >= 15 is 0 Å².